The topological polar surface area (TPSA) is 43.8 Å². The van der Waals surface area contributed by atoms with Gasteiger partial charge in [-0.3, -0.25) is 9.69 Å². The van der Waals surface area contributed by atoms with Crippen molar-refractivity contribution in [3.63, 3.8) is 0 Å². The van der Waals surface area contributed by atoms with Gasteiger partial charge in [-0.1, -0.05) is 12.1 Å². The highest BCUT2D eigenvalue weighted by Crippen LogP contribution is 2.15. The first-order chi connectivity index (χ1) is 9.97. The molecule has 1 N–H and O–H groups in total. The van der Waals surface area contributed by atoms with Crippen molar-refractivity contribution in [1.29, 1.82) is 0 Å². The molecular weight excluding hydrogens is 271 g/mol. The van der Waals surface area contributed by atoms with Crippen molar-refractivity contribution in [2.45, 2.75) is 38.5 Å². The van der Waals surface area contributed by atoms with E-state index in [0.29, 0.717) is 19.4 Å². The molecule has 1 aliphatic rings. The van der Waals surface area contributed by atoms with E-state index in [1.165, 1.54) is 12.1 Å². The van der Waals surface area contributed by atoms with Gasteiger partial charge in [0, 0.05) is 26.7 Å². The minimum absolute atomic E-state index is 0.0238. The van der Waals surface area contributed by atoms with Gasteiger partial charge in [-0.2, -0.15) is 0 Å². The van der Waals surface area contributed by atoms with Crippen LogP contribution in [0.4, 0.5) is 4.39 Å². The lowest BCUT2D eigenvalue weighted by atomic mass is 10.1. The monoisotopic (exact) mass is 294 g/mol. The van der Waals surface area contributed by atoms with Crippen molar-refractivity contribution in [2.75, 3.05) is 20.1 Å². The number of piperidine rings is 1. The van der Waals surface area contributed by atoms with E-state index in [2.05, 4.69) is 4.90 Å². The van der Waals surface area contributed by atoms with Crippen molar-refractivity contribution in [1.82, 2.24) is 9.80 Å². The number of benzene rings is 1. The molecule has 0 aromatic heterocycles. The highest BCUT2D eigenvalue weighted by Gasteiger charge is 2.27. The Balaban J connectivity index is 1.92. The summed E-state index contributed by atoms with van der Waals surface area (Å²) in [5, 5.41) is 9.52. The van der Waals surface area contributed by atoms with E-state index in [9.17, 15) is 14.3 Å². The molecule has 2 rings (SSSR count). The first-order valence-corrected chi connectivity index (χ1v) is 7.39. The molecule has 1 aliphatic heterocycles. The maximum Gasteiger partial charge on any atom is 0.239 e. The summed E-state index contributed by atoms with van der Waals surface area (Å²) in [6.07, 6.45) is 1.18. The zero-order valence-electron chi connectivity index (χ0n) is 12.6. The van der Waals surface area contributed by atoms with E-state index in [4.69, 9.17) is 0 Å². The lowest BCUT2D eigenvalue weighted by molar-refractivity contribution is -0.136. The Kier molecular flexibility index (Phi) is 5.31. The molecule has 4 nitrogen and oxygen atoms in total. The second-order valence-corrected chi connectivity index (χ2v) is 5.77. The molecule has 1 aromatic rings. The molecule has 21 heavy (non-hydrogen) atoms. The molecule has 1 atom stereocenters. The zero-order chi connectivity index (χ0) is 15.4. The number of nitrogens with zero attached hydrogens (tertiary/aromatic N) is 2. The van der Waals surface area contributed by atoms with Crippen LogP contribution >= 0.6 is 0 Å². The number of hydrogen-bond acceptors (Lipinski definition) is 3. The van der Waals surface area contributed by atoms with E-state index in [-0.39, 0.29) is 23.9 Å². The molecule has 1 unspecified atom stereocenters. The minimum Gasteiger partial charge on any atom is -0.393 e. The predicted molar refractivity (Wildman–Crippen MR) is 79.1 cm³/mol. The van der Waals surface area contributed by atoms with Crippen LogP contribution in [0, 0.1) is 5.82 Å². The van der Waals surface area contributed by atoms with Gasteiger partial charge in [0.2, 0.25) is 5.91 Å². The molecule has 0 bridgehead atoms. The number of aliphatic hydroxyl groups is 1. The van der Waals surface area contributed by atoms with Gasteiger partial charge < -0.3 is 10.0 Å². The summed E-state index contributed by atoms with van der Waals surface area (Å²) in [7, 11) is 1.74. The van der Waals surface area contributed by atoms with Crippen LogP contribution in [0.25, 0.3) is 0 Å². The predicted octanol–water partition coefficient (Wildman–Crippen LogP) is 1.63. The van der Waals surface area contributed by atoms with Gasteiger partial charge >= 0.3 is 0 Å². The summed E-state index contributed by atoms with van der Waals surface area (Å²) >= 11 is 0. The van der Waals surface area contributed by atoms with Crippen LogP contribution in [-0.2, 0) is 11.3 Å². The van der Waals surface area contributed by atoms with Gasteiger partial charge in [-0.15, -0.1) is 0 Å². The number of amides is 1. The standard InChI is InChI=1S/C16H23FN2O2/c1-12(19-8-6-15(20)7-9-19)16(21)18(2)11-13-4-3-5-14(17)10-13/h3-5,10,12,15,20H,6-9,11H2,1-2H3. The Bertz CT molecular complexity index is 487. The Morgan fingerprint density at radius 3 is 2.76 bits per heavy atom. The molecule has 0 aliphatic carbocycles. The second-order valence-electron chi connectivity index (χ2n) is 5.77. The van der Waals surface area contributed by atoms with E-state index >= 15 is 0 Å². The number of carbonyl (C=O) groups is 1. The Morgan fingerprint density at radius 1 is 1.48 bits per heavy atom. The van der Waals surface area contributed by atoms with E-state index in [1.54, 1.807) is 18.0 Å². The van der Waals surface area contributed by atoms with Gasteiger partial charge in [-0.25, -0.2) is 4.39 Å². The molecule has 1 heterocycles. The van der Waals surface area contributed by atoms with Crippen LogP contribution in [0.5, 0.6) is 0 Å². The third kappa shape index (κ3) is 4.25. The maximum atomic E-state index is 13.2. The number of aliphatic hydroxyl groups excluding tert-OH is 1. The van der Waals surface area contributed by atoms with Crippen molar-refractivity contribution in [2.24, 2.45) is 0 Å². The van der Waals surface area contributed by atoms with Gasteiger partial charge in [0.1, 0.15) is 5.82 Å². The lowest BCUT2D eigenvalue weighted by Crippen LogP contribution is -2.49. The molecule has 0 radical (unpaired) electrons. The Labute approximate surface area is 125 Å². The van der Waals surface area contributed by atoms with Gasteiger partial charge in [0.15, 0.2) is 0 Å². The highest BCUT2D eigenvalue weighted by molar-refractivity contribution is 5.81. The molecule has 1 aromatic carbocycles. The SMILES string of the molecule is CC(C(=O)N(C)Cc1cccc(F)c1)N1CCC(O)CC1. The summed E-state index contributed by atoms with van der Waals surface area (Å²) in [6, 6.07) is 6.10. The third-order valence-corrected chi connectivity index (χ3v) is 4.09. The Morgan fingerprint density at radius 2 is 2.14 bits per heavy atom. The molecule has 1 amide bonds. The smallest absolute Gasteiger partial charge is 0.239 e. The fourth-order valence-corrected chi connectivity index (χ4v) is 2.74. The molecule has 116 valence electrons. The van der Waals surface area contributed by atoms with Crippen molar-refractivity contribution < 1.29 is 14.3 Å². The molecule has 0 spiro atoms. The molecule has 1 fully saturated rings. The normalized spacial score (nSPS) is 18.5. The molecule has 1 saturated heterocycles. The number of rotatable bonds is 4. The molecule has 5 heteroatoms. The van der Waals surface area contributed by atoms with Crippen LogP contribution in [0.3, 0.4) is 0 Å². The van der Waals surface area contributed by atoms with Crippen LogP contribution in [0.15, 0.2) is 24.3 Å². The van der Waals surface area contributed by atoms with Gasteiger partial charge in [0.05, 0.1) is 12.1 Å². The summed E-state index contributed by atoms with van der Waals surface area (Å²) < 4.78 is 13.2. The summed E-state index contributed by atoms with van der Waals surface area (Å²) in [5.74, 6) is -0.262. The first kappa shape index (κ1) is 15.9. The zero-order valence-corrected chi connectivity index (χ0v) is 12.6. The third-order valence-electron chi connectivity index (χ3n) is 4.09. The molecule has 0 saturated carbocycles. The minimum atomic E-state index is -0.286. The largest absolute Gasteiger partial charge is 0.393 e. The van der Waals surface area contributed by atoms with Crippen molar-refractivity contribution in [3.8, 4) is 0 Å². The average molecular weight is 294 g/mol. The fourth-order valence-electron chi connectivity index (χ4n) is 2.74. The van der Waals surface area contributed by atoms with Crippen LogP contribution in [-0.4, -0.2) is 53.1 Å². The first-order valence-electron chi connectivity index (χ1n) is 7.39. The maximum absolute atomic E-state index is 13.2. The number of hydrogen-bond donors (Lipinski definition) is 1. The van der Waals surface area contributed by atoms with Gasteiger partial charge in [-0.05, 0) is 37.5 Å². The van der Waals surface area contributed by atoms with E-state index < -0.39 is 0 Å². The molecular formula is C16H23FN2O2. The number of halogens is 1. The number of likely N-dealkylation sites (tertiary alicyclic amines) is 1. The summed E-state index contributed by atoms with van der Waals surface area (Å²) in [5.41, 5.74) is 0.784. The van der Waals surface area contributed by atoms with Crippen LogP contribution in [0.1, 0.15) is 25.3 Å². The van der Waals surface area contributed by atoms with Crippen LogP contribution < -0.4 is 0 Å². The number of carbonyl (C=O) groups excluding carboxylic acids is 1. The van der Waals surface area contributed by atoms with Gasteiger partial charge in [0.25, 0.3) is 0 Å². The Hall–Kier alpha value is -1.46. The average Bonchev–Trinajstić information content (AvgIpc) is 2.46. The fraction of sp³-hybridized carbons (Fsp3) is 0.562. The lowest BCUT2D eigenvalue weighted by Gasteiger charge is -2.35. The number of likely N-dealkylation sites (N-methyl/N-ethyl adjacent to an activating group) is 1. The second kappa shape index (κ2) is 7.00. The van der Waals surface area contributed by atoms with E-state index in [1.807, 2.05) is 13.0 Å². The summed E-state index contributed by atoms with van der Waals surface area (Å²) in [4.78, 5) is 16.2. The van der Waals surface area contributed by atoms with E-state index in [0.717, 1.165) is 18.7 Å². The highest BCUT2D eigenvalue weighted by atomic mass is 19.1. The summed E-state index contributed by atoms with van der Waals surface area (Å²) in [6.45, 7) is 3.77. The quantitative estimate of drug-likeness (QED) is 0.918. The van der Waals surface area contributed by atoms with Crippen molar-refractivity contribution >= 4 is 5.91 Å². The van der Waals surface area contributed by atoms with Crippen LogP contribution in [0.2, 0.25) is 0 Å². The van der Waals surface area contributed by atoms with Crippen molar-refractivity contribution in [3.05, 3.63) is 35.6 Å².